The first-order valence-electron chi connectivity index (χ1n) is 5.82. The number of carbonyl (C=O) groups is 3. The molecule has 0 bridgehead atoms. The molecule has 0 unspecified atom stereocenters. The van der Waals surface area contributed by atoms with Crippen molar-refractivity contribution in [2.75, 3.05) is 6.61 Å². The van der Waals surface area contributed by atoms with Gasteiger partial charge in [0.2, 0.25) is 5.91 Å². The maximum Gasteiger partial charge on any atom is 0.332 e. The summed E-state index contributed by atoms with van der Waals surface area (Å²) in [5.41, 5.74) is 0. The molecule has 0 saturated carbocycles. The van der Waals surface area contributed by atoms with Crippen molar-refractivity contribution in [2.24, 2.45) is 0 Å². The molecule has 0 aromatic rings. The normalized spacial score (nSPS) is 18.4. The molecule has 0 aromatic heterocycles. The van der Waals surface area contributed by atoms with Crippen molar-refractivity contribution in [3.63, 3.8) is 0 Å². The minimum Gasteiger partial charge on any atom is -0.479 e. The third-order valence-corrected chi connectivity index (χ3v) is 2.50. The summed E-state index contributed by atoms with van der Waals surface area (Å²) in [7, 11) is 0. The largest absolute Gasteiger partial charge is 0.479 e. The van der Waals surface area contributed by atoms with Crippen LogP contribution >= 0.6 is 0 Å². The summed E-state index contributed by atoms with van der Waals surface area (Å²) in [5, 5.41) is 38.8. The number of hydrogen-bond donors (Lipinski definition) is 5. The molecule has 5 atom stereocenters. The van der Waals surface area contributed by atoms with Crippen LogP contribution in [0.1, 0.15) is 13.8 Å². The van der Waals surface area contributed by atoms with E-state index in [0.29, 0.717) is 0 Å². The van der Waals surface area contributed by atoms with Crippen molar-refractivity contribution in [1.82, 2.24) is 5.32 Å². The fourth-order valence-corrected chi connectivity index (χ4v) is 1.43. The summed E-state index contributed by atoms with van der Waals surface area (Å²) < 4.78 is 4.98. The van der Waals surface area contributed by atoms with Crippen LogP contribution in [0.4, 0.5) is 0 Å². The van der Waals surface area contributed by atoms with Crippen LogP contribution in [0.15, 0.2) is 0 Å². The number of hydrogen-bond acceptors (Lipinski definition) is 7. The van der Waals surface area contributed by atoms with E-state index in [1.807, 2.05) is 0 Å². The van der Waals surface area contributed by atoms with E-state index in [1.54, 1.807) is 0 Å². The van der Waals surface area contributed by atoms with Gasteiger partial charge in [0.25, 0.3) is 0 Å². The number of aliphatic carboxylic acids is 1. The third kappa shape index (κ3) is 5.61. The molecule has 0 saturated heterocycles. The molecule has 5 N–H and O–H groups in total. The Morgan fingerprint density at radius 1 is 1.35 bits per heavy atom. The molecule has 1 amide bonds. The first kappa shape index (κ1) is 18.4. The predicted octanol–water partition coefficient (Wildman–Crippen LogP) is -2.74. The molecule has 116 valence electrons. The van der Waals surface area contributed by atoms with Gasteiger partial charge >= 0.3 is 5.97 Å². The fourth-order valence-electron chi connectivity index (χ4n) is 1.43. The van der Waals surface area contributed by atoms with Gasteiger partial charge in [-0.1, -0.05) is 0 Å². The number of ether oxygens (including phenoxy) is 1. The average molecular weight is 293 g/mol. The predicted molar refractivity (Wildman–Crippen MR) is 64.7 cm³/mol. The third-order valence-electron chi connectivity index (χ3n) is 2.50. The lowest BCUT2D eigenvalue weighted by atomic mass is 10.0. The smallest absolute Gasteiger partial charge is 0.332 e. The molecule has 0 fully saturated rings. The lowest BCUT2D eigenvalue weighted by Crippen LogP contribution is -2.55. The van der Waals surface area contributed by atoms with E-state index in [-0.39, 0.29) is 6.29 Å². The van der Waals surface area contributed by atoms with E-state index >= 15 is 0 Å². The molecular formula is C11H19NO8. The Balaban J connectivity index is 5.15. The number of rotatable bonds is 9. The molecule has 0 aromatic carbocycles. The summed E-state index contributed by atoms with van der Waals surface area (Å²) in [6.45, 7) is 1.44. The van der Waals surface area contributed by atoms with Crippen molar-refractivity contribution in [1.29, 1.82) is 0 Å². The maximum atomic E-state index is 11.0. The second kappa shape index (κ2) is 8.59. The molecule has 9 heteroatoms. The van der Waals surface area contributed by atoms with Crippen LogP contribution in [0.2, 0.25) is 0 Å². The lowest BCUT2D eigenvalue weighted by molar-refractivity contribution is -0.168. The monoisotopic (exact) mass is 293 g/mol. The van der Waals surface area contributed by atoms with Crippen LogP contribution in [0.25, 0.3) is 0 Å². The average Bonchev–Trinajstić information content (AvgIpc) is 2.39. The molecule has 9 nitrogen and oxygen atoms in total. The van der Waals surface area contributed by atoms with Crippen molar-refractivity contribution in [3.05, 3.63) is 0 Å². The van der Waals surface area contributed by atoms with E-state index in [0.717, 1.165) is 13.8 Å². The highest BCUT2D eigenvalue weighted by Crippen LogP contribution is 2.12. The summed E-state index contributed by atoms with van der Waals surface area (Å²) >= 11 is 0. The molecule has 0 spiro atoms. The van der Waals surface area contributed by atoms with E-state index in [2.05, 4.69) is 5.32 Å². The first-order valence-corrected chi connectivity index (χ1v) is 5.82. The summed E-state index contributed by atoms with van der Waals surface area (Å²) in [6.07, 6.45) is -6.09. The van der Waals surface area contributed by atoms with E-state index in [9.17, 15) is 24.6 Å². The Morgan fingerprint density at radius 3 is 2.25 bits per heavy atom. The Kier molecular flexibility index (Phi) is 7.92. The topological polar surface area (TPSA) is 153 Å². The van der Waals surface area contributed by atoms with Gasteiger partial charge in [0.05, 0.1) is 6.61 Å². The van der Waals surface area contributed by atoms with E-state index in [1.165, 1.54) is 0 Å². The zero-order chi connectivity index (χ0) is 15.9. The van der Waals surface area contributed by atoms with Crippen molar-refractivity contribution in [3.8, 4) is 0 Å². The number of amides is 1. The van der Waals surface area contributed by atoms with Crippen LogP contribution in [-0.2, 0) is 19.1 Å². The summed E-state index contributed by atoms with van der Waals surface area (Å²) in [4.78, 5) is 32.7. The zero-order valence-corrected chi connectivity index (χ0v) is 11.1. The lowest BCUT2D eigenvalue weighted by Gasteiger charge is -2.31. The Labute approximate surface area is 115 Å². The van der Waals surface area contributed by atoms with Crippen LogP contribution < -0.4 is 5.32 Å². The van der Waals surface area contributed by atoms with Crippen LogP contribution in [-0.4, -0.2) is 75.7 Å². The van der Waals surface area contributed by atoms with Crippen molar-refractivity contribution < 1.29 is 39.5 Å². The van der Waals surface area contributed by atoms with Gasteiger partial charge in [-0.25, -0.2) is 4.79 Å². The molecule has 0 aliphatic rings. The van der Waals surface area contributed by atoms with Gasteiger partial charge in [-0.2, -0.15) is 0 Å². The van der Waals surface area contributed by atoms with Gasteiger partial charge in [0.15, 0.2) is 6.10 Å². The Bertz CT molecular complexity index is 347. The summed E-state index contributed by atoms with van der Waals surface area (Å²) in [5.74, 6) is -1.96. The maximum absolute atomic E-state index is 11.0. The number of carboxylic acids is 1. The van der Waals surface area contributed by atoms with Crippen LogP contribution in [0, 0.1) is 0 Å². The van der Waals surface area contributed by atoms with Crippen LogP contribution in [0.5, 0.6) is 0 Å². The highest BCUT2D eigenvalue weighted by Gasteiger charge is 2.36. The highest BCUT2D eigenvalue weighted by molar-refractivity contribution is 5.77. The van der Waals surface area contributed by atoms with Crippen LogP contribution in [0.3, 0.4) is 0 Å². The van der Waals surface area contributed by atoms with Gasteiger partial charge in [-0.3, -0.25) is 4.79 Å². The Hall–Kier alpha value is -1.55. The minimum atomic E-state index is -1.76. The van der Waals surface area contributed by atoms with Gasteiger partial charge in [0, 0.05) is 6.92 Å². The number of aliphatic hydroxyl groups is 3. The minimum absolute atomic E-state index is 0.244. The van der Waals surface area contributed by atoms with Gasteiger partial charge in [-0.05, 0) is 6.92 Å². The second-order valence-electron chi connectivity index (χ2n) is 4.18. The first-order chi connectivity index (χ1) is 9.24. The van der Waals surface area contributed by atoms with Gasteiger partial charge < -0.3 is 35.3 Å². The second-order valence-corrected chi connectivity index (χ2v) is 4.18. The quantitative estimate of drug-likeness (QED) is 0.287. The molecule has 0 rings (SSSR count). The van der Waals surface area contributed by atoms with E-state index in [4.69, 9.17) is 14.9 Å². The number of nitrogens with one attached hydrogen (secondary N) is 1. The molecule has 0 aliphatic carbocycles. The van der Waals surface area contributed by atoms with E-state index < -0.39 is 48.9 Å². The van der Waals surface area contributed by atoms with Gasteiger partial charge in [-0.15, -0.1) is 0 Å². The standard InChI is InChI=1S/C11H19NO8/c1-5(11(18)19)20-10(9(17)8(16)4-14)7(3-13)12-6(2)15/h3,5,7-10,14,16-17H,4H2,1-2H3,(H,12,15)(H,18,19)/t5-,7-,8+,9+,10-/m1/s1. The number of aldehydes is 1. The highest BCUT2D eigenvalue weighted by atomic mass is 16.5. The van der Waals surface area contributed by atoms with Gasteiger partial charge in [0.1, 0.15) is 30.6 Å². The summed E-state index contributed by atoms with van der Waals surface area (Å²) in [6, 6.07) is -1.37. The molecule has 0 radical (unpaired) electrons. The SMILES string of the molecule is CC(=O)N[C@H](C=O)[C@@H](O[C@H](C)C(=O)O)[C@@H](O)[C@@H](O)CO. The van der Waals surface area contributed by atoms with Crippen molar-refractivity contribution in [2.45, 2.75) is 44.3 Å². The molecule has 20 heavy (non-hydrogen) atoms. The fraction of sp³-hybridized carbons (Fsp3) is 0.727. The molecule has 0 aliphatic heterocycles. The number of aliphatic hydroxyl groups excluding tert-OH is 3. The van der Waals surface area contributed by atoms with Crippen molar-refractivity contribution >= 4 is 18.2 Å². The zero-order valence-electron chi connectivity index (χ0n) is 11.1. The number of carboxylic acid groups (broad SMARTS) is 1. The number of carbonyl (C=O) groups excluding carboxylic acids is 2. The molecular weight excluding hydrogens is 274 g/mol. The molecule has 0 heterocycles. The Morgan fingerprint density at radius 2 is 1.90 bits per heavy atom.